The summed E-state index contributed by atoms with van der Waals surface area (Å²) < 4.78 is 0. The number of allylic oxidation sites excluding steroid dienone is 1. The third kappa shape index (κ3) is 0.731. The molecular formula is C10H6N2O. The molecule has 2 aliphatic rings. The summed E-state index contributed by atoms with van der Waals surface area (Å²) in [5.41, 5.74) is 1.77. The second-order valence-corrected chi connectivity index (χ2v) is 2.99. The monoisotopic (exact) mass is 170 g/mol. The fourth-order valence-electron chi connectivity index (χ4n) is 1.63. The summed E-state index contributed by atoms with van der Waals surface area (Å²) in [7, 11) is 0. The molecule has 2 aliphatic heterocycles. The van der Waals surface area contributed by atoms with E-state index in [0.717, 1.165) is 21.8 Å². The molecule has 0 saturated heterocycles. The van der Waals surface area contributed by atoms with E-state index >= 15 is 0 Å². The van der Waals surface area contributed by atoms with Crippen LogP contribution < -0.4 is 10.6 Å². The molecule has 1 aromatic carbocycles. The fourth-order valence-corrected chi connectivity index (χ4v) is 1.63. The van der Waals surface area contributed by atoms with Gasteiger partial charge in [-0.15, -0.1) is 0 Å². The van der Waals surface area contributed by atoms with Crippen molar-refractivity contribution in [2.24, 2.45) is 9.98 Å². The molecule has 0 unspecified atom stereocenters. The summed E-state index contributed by atoms with van der Waals surface area (Å²) in [5.74, 6) is 0.271. The molecule has 0 bridgehead atoms. The van der Waals surface area contributed by atoms with Crippen molar-refractivity contribution in [2.75, 3.05) is 0 Å². The van der Waals surface area contributed by atoms with E-state index in [4.69, 9.17) is 0 Å². The maximum atomic E-state index is 9.61. The molecule has 3 heteroatoms. The Morgan fingerprint density at radius 3 is 3.08 bits per heavy atom. The Kier molecular flexibility index (Phi) is 1.05. The Balaban J connectivity index is 2.61. The number of phenolic OH excluding ortho intramolecular Hbond substituents is 1. The lowest BCUT2D eigenvalue weighted by atomic mass is 10.2. The minimum Gasteiger partial charge on any atom is -0.507 e. The second-order valence-electron chi connectivity index (χ2n) is 2.99. The van der Waals surface area contributed by atoms with Gasteiger partial charge in [0.05, 0.1) is 22.5 Å². The maximum absolute atomic E-state index is 9.61. The maximum Gasteiger partial charge on any atom is 0.125 e. The van der Waals surface area contributed by atoms with Gasteiger partial charge in [0.1, 0.15) is 5.75 Å². The molecule has 0 atom stereocenters. The molecule has 62 valence electrons. The van der Waals surface area contributed by atoms with Gasteiger partial charge < -0.3 is 5.11 Å². The minimum atomic E-state index is 0.271. The van der Waals surface area contributed by atoms with Gasteiger partial charge in [0.25, 0.3) is 0 Å². The zero-order valence-corrected chi connectivity index (χ0v) is 6.73. The van der Waals surface area contributed by atoms with Crippen LogP contribution in [0.4, 0.5) is 0 Å². The molecule has 0 radical (unpaired) electrons. The van der Waals surface area contributed by atoms with E-state index in [2.05, 4.69) is 9.98 Å². The van der Waals surface area contributed by atoms with E-state index in [1.807, 2.05) is 6.07 Å². The summed E-state index contributed by atoms with van der Waals surface area (Å²) in [5, 5.41) is 11.2. The lowest BCUT2D eigenvalue weighted by Crippen LogP contribution is -2.22. The minimum absolute atomic E-state index is 0.271. The Bertz CT molecular complexity index is 567. The van der Waals surface area contributed by atoms with Crippen molar-refractivity contribution in [1.82, 2.24) is 0 Å². The summed E-state index contributed by atoms with van der Waals surface area (Å²) in [4.78, 5) is 8.29. The van der Waals surface area contributed by atoms with Crippen LogP contribution in [0.3, 0.4) is 0 Å². The molecular weight excluding hydrogens is 164 g/mol. The third-order valence-electron chi connectivity index (χ3n) is 2.21. The molecule has 3 rings (SSSR count). The standard InChI is InChI=1S/C10H6N2O/c13-9-3-1-2-7-10(9)6-4-11-5-8(6)12-7/h1-5,13H. The lowest BCUT2D eigenvalue weighted by Gasteiger charge is -1.90. The first-order valence-electron chi connectivity index (χ1n) is 4.01. The van der Waals surface area contributed by atoms with Crippen molar-refractivity contribution < 1.29 is 5.11 Å². The van der Waals surface area contributed by atoms with Gasteiger partial charge in [0.2, 0.25) is 0 Å². The second kappa shape index (κ2) is 2.07. The van der Waals surface area contributed by atoms with E-state index < -0.39 is 0 Å². The number of rotatable bonds is 0. The number of fused-ring (bicyclic) bond motifs is 2. The van der Waals surface area contributed by atoms with E-state index in [1.54, 1.807) is 24.5 Å². The Morgan fingerprint density at radius 1 is 1.23 bits per heavy atom. The summed E-state index contributed by atoms with van der Waals surface area (Å²) in [6.45, 7) is 0. The predicted molar refractivity (Wildman–Crippen MR) is 48.9 cm³/mol. The van der Waals surface area contributed by atoms with Crippen molar-refractivity contribution in [1.29, 1.82) is 0 Å². The first-order chi connectivity index (χ1) is 6.36. The molecule has 0 fully saturated rings. The number of benzene rings is 1. The highest BCUT2D eigenvalue weighted by Gasteiger charge is 2.15. The number of phenols is 1. The van der Waals surface area contributed by atoms with Crippen LogP contribution in [0.15, 0.2) is 40.1 Å². The summed E-state index contributed by atoms with van der Waals surface area (Å²) in [6.07, 6.45) is 3.43. The fraction of sp³-hybridized carbons (Fsp3) is 0. The highest BCUT2D eigenvalue weighted by molar-refractivity contribution is 6.12. The normalized spacial score (nSPS) is 16.6. The van der Waals surface area contributed by atoms with E-state index in [1.165, 1.54) is 0 Å². The molecule has 2 heterocycles. The molecule has 3 nitrogen and oxygen atoms in total. The van der Waals surface area contributed by atoms with Gasteiger partial charge >= 0.3 is 0 Å². The van der Waals surface area contributed by atoms with Gasteiger partial charge in [-0.1, -0.05) is 6.07 Å². The van der Waals surface area contributed by atoms with Gasteiger partial charge in [-0.3, -0.25) is 4.99 Å². The molecule has 0 amide bonds. The third-order valence-corrected chi connectivity index (χ3v) is 2.21. The van der Waals surface area contributed by atoms with Crippen LogP contribution in [-0.2, 0) is 0 Å². The average molecular weight is 170 g/mol. The molecule has 0 spiro atoms. The van der Waals surface area contributed by atoms with Crippen LogP contribution in [0.5, 0.6) is 5.75 Å². The van der Waals surface area contributed by atoms with Crippen molar-refractivity contribution >= 4 is 11.8 Å². The van der Waals surface area contributed by atoms with Crippen LogP contribution in [0.1, 0.15) is 0 Å². The number of hydrogen-bond donors (Lipinski definition) is 1. The van der Waals surface area contributed by atoms with Gasteiger partial charge in [-0.25, -0.2) is 4.99 Å². The highest BCUT2D eigenvalue weighted by Crippen LogP contribution is 2.18. The highest BCUT2D eigenvalue weighted by atomic mass is 16.3. The molecule has 1 aromatic rings. The SMILES string of the molecule is Oc1cccc2c1=C1C=NC=C1N=2. The van der Waals surface area contributed by atoms with Crippen molar-refractivity contribution in [2.45, 2.75) is 0 Å². The Labute approximate surface area is 74.1 Å². The van der Waals surface area contributed by atoms with Crippen molar-refractivity contribution in [3.05, 3.63) is 40.7 Å². The Hall–Kier alpha value is -1.90. The number of nitrogens with zero attached hydrogens (tertiary/aromatic N) is 2. The largest absolute Gasteiger partial charge is 0.507 e. The van der Waals surface area contributed by atoms with Crippen molar-refractivity contribution in [3.8, 4) is 5.75 Å². The molecule has 1 N–H and O–H groups in total. The Morgan fingerprint density at radius 2 is 2.15 bits per heavy atom. The van der Waals surface area contributed by atoms with Crippen molar-refractivity contribution in [3.63, 3.8) is 0 Å². The number of aromatic hydroxyl groups is 1. The zero-order valence-electron chi connectivity index (χ0n) is 6.73. The predicted octanol–water partition coefficient (Wildman–Crippen LogP) is 0.102. The van der Waals surface area contributed by atoms with Crippen LogP contribution in [-0.4, -0.2) is 11.3 Å². The van der Waals surface area contributed by atoms with Crippen LogP contribution in [0, 0.1) is 0 Å². The van der Waals surface area contributed by atoms with Crippen LogP contribution >= 0.6 is 0 Å². The van der Waals surface area contributed by atoms with E-state index in [0.29, 0.717) is 0 Å². The molecule has 13 heavy (non-hydrogen) atoms. The smallest absolute Gasteiger partial charge is 0.125 e. The summed E-state index contributed by atoms with van der Waals surface area (Å²) in [6, 6.07) is 5.34. The average Bonchev–Trinajstić information content (AvgIpc) is 2.62. The molecule has 0 saturated carbocycles. The molecule has 0 aromatic heterocycles. The first kappa shape index (κ1) is 6.60. The summed E-state index contributed by atoms with van der Waals surface area (Å²) >= 11 is 0. The molecule has 0 aliphatic carbocycles. The van der Waals surface area contributed by atoms with Gasteiger partial charge in [0.15, 0.2) is 0 Å². The first-order valence-corrected chi connectivity index (χ1v) is 4.01. The van der Waals surface area contributed by atoms with Gasteiger partial charge in [-0.05, 0) is 12.1 Å². The topological polar surface area (TPSA) is 45.0 Å². The van der Waals surface area contributed by atoms with Crippen LogP contribution in [0.2, 0.25) is 0 Å². The van der Waals surface area contributed by atoms with Crippen LogP contribution in [0.25, 0.3) is 5.57 Å². The van der Waals surface area contributed by atoms with Gasteiger partial charge in [0, 0.05) is 11.8 Å². The van der Waals surface area contributed by atoms with Gasteiger partial charge in [-0.2, -0.15) is 0 Å². The van der Waals surface area contributed by atoms with E-state index in [9.17, 15) is 5.11 Å². The quantitative estimate of drug-likeness (QED) is 0.589. The lowest BCUT2D eigenvalue weighted by molar-refractivity contribution is 0.470. The number of aliphatic imine (C=N–C) groups is 1. The number of hydrogen-bond acceptors (Lipinski definition) is 3. The van der Waals surface area contributed by atoms with E-state index in [-0.39, 0.29) is 5.75 Å². The zero-order chi connectivity index (χ0) is 8.84.